The van der Waals surface area contributed by atoms with E-state index in [0.29, 0.717) is 5.25 Å². The van der Waals surface area contributed by atoms with Crippen molar-refractivity contribution in [3.05, 3.63) is 0 Å². The molecule has 0 rings (SSSR count). The van der Waals surface area contributed by atoms with E-state index in [9.17, 15) is 0 Å². The Hall–Kier alpha value is 0.350. The van der Waals surface area contributed by atoms with Gasteiger partial charge in [0.2, 0.25) is 0 Å². The monoisotopic (exact) mass is 202 g/mol. The smallest absolute Gasteiger partial charge is 0.00167 e. The minimum atomic E-state index is 0.585. The van der Waals surface area contributed by atoms with Gasteiger partial charge in [-0.15, -0.1) is 0 Å². The Balaban J connectivity index is 3.45. The summed E-state index contributed by atoms with van der Waals surface area (Å²) in [5.74, 6) is 0.852. The fourth-order valence-corrected chi connectivity index (χ4v) is 2.13. The minimum absolute atomic E-state index is 0.585. The van der Waals surface area contributed by atoms with Crippen LogP contribution in [-0.2, 0) is 0 Å². The molecule has 1 unspecified atom stereocenters. The van der Waals surface area contributed by atoms with Gasteiger partial charge in [-0.2, -0.15) is 12.6 Å². The quantitative estimate of drug-likeness (QED) is 0.428. The van der Waals surface area contributed by atoms with Crippen LogP contribution in [-0.4, -0.2) is 5.25 Å². The normalized spacial score (nSPS) is 15.7. The molecule has 13 heavy (non-hydrogen) atoms. The fraction of sp³-hybridized carbons (Fsp3) is 1.00. The third-order valence-corrected chi connectivity index (χ3v) is 3.19. The topological polar surface area (TPSA) is 0 Å². The third kappa shape index (κ3) is 7.42. The molecule has 2 atom stereocenters. The van der Waals surface area contributed by atoms with Crippen molar-refractivity contribution in [2.45, 2.75) is 71.0 Å². The van der Waals surface area contributed by atoms with Crippen LogP contribution in [0, 0.1) is 5.92 Å². The van der Waals surface area contributed by atoms with E-state index in [1.54, 1.807) is 0 Å². The first-order valence-electron chi connectivity index (χ1n) is 5.90. The molecule has 0 fully saturated rings. The Morgan fingerprint density at radius 1 is 0.923 bits per heavy atom. The maximum absolute atomic E-state index is 4.55. The highest BCUT2D eigenvalue weighted by Crippen LogP contribution is 2.22. The Morgan fingerprint density at radius 2 is 1.62 bits per heavy atom. The van der Waals surface area contributed by atoms with Crippen molar-refractivity contribution in [1.82, 2.24) is 0 Å². The van der Waals surface area contributed by atoms with Gasteiger partial charge in [0, 0.05) is 5.25 Å². The molecule has 0 aliphatic rings. The van der Waals surface area contributed by atoms with Gasteiger partial charge in [0.1, 0.15) is 0 Å². The van der Waals surface area contributed by atoms with Crippen LogP contribution in [0.3, 0.4) is 0 Å². The summed E-state index contributed by atoms with van der Waals surface area (Å²) in [7, 11) is 0. The van der Waals surface area contributed by atoms with Gasteiger partial charge in [0.25, 0.3) is 0 Å². The summed E-state index contributed by atoms with van der Waals surface area (Å²) >= 11 is 4.55. The maximum Gasteiger partial charge on any atom is 0.00167 e. The first-order chi connectivity index (χ1) is 6.22. The van der Waals surface area contributed by atoms with Crippen molar-refractivity contribution in [3.8, 4) is 0 Å². The molecule has 0 spiro atoms. The molecule has 0 radical (unpaired) electrons. The number of unbranched alkanes of at least 4 members (excludes halogenated alkanes) is 3. The lowest BCUT2D eigenvalue weighted by molar-refractivity contribution is 0.420. The third-order valence-electron chi connectivity index (χ3n) is 2.77. The van der Waals surface area contributed by atoms with Gasteiger partial charge in [-0.25, -0.2) is 0 Å². The molecule has 0 bridgehead atoms. The first-order valence-corrected chi connectivity index (χ1v) is 6.42. The molecule has 1 heteroatoms. The van der Waals surface area contributed by atoms with E-state index in [1.165, 1.54) is 44.9 Å². The number of rotatable bonds is 8. The van der Waals surface area contributed by atoms with Crippen molar-refractivity contribution in [1.29, 1.82) is 0 Å². The molecule has 0 aromatic heterocycles. The fourth-order valence-electron chi connectivity index (χ4n) is 1.83. The van der Waals surface area contributed by atoms with Gasteiger partial charge in [0.05, 0.1) is 0 Å². The molecule has 0 saturated carbocycles. The van der Waals surface area contributed by atoms with Crippen molar-refractivity contribution >= 4 is 12.6 Å². The predicted molar refractivity (Wildman–Crippen MR) is 65.6 cm³/mol. The van der Waals surface area contributed by atoms with E-state index in [4.69, 9.17) is 0 Å². The molecular weight excluding hydrogens is 176 g/mol. The molecule has 0 aromatic carbocycles. The lowest BCUT2D eigenvalue weighted by atomic mass is 9.93. The van der Waals surface area contributed by atoms with Gasteiger partial charge < -0.3 is 0 Å². The van der Waals surface area contributed by atoms with Crippen molar-refractivity contribution in [2.24, 2.45) is 5.92 Å². The van der Waals surface area contributed by atoms with Crippen molar-refractivity contribution in [3.63, 3.8) is 0 Å². The molecule has 0 aliphatic heterocycles. The molecule has 0 amide bonds. The Labute approximate surface area is 89.9 Å². The Bertz CT molecular complexity index is 99.3. The zero-order valence-electron chi connectivity index (χ0n) is 9.55. The summed E-state index contributed by atoms with van der Waals surface area (Å²) in [5, 5.41) is 0.585. The van der Waals surface area contributed by atoms with Crippen LogP contribution < -0.4 is 0 Å². The molecule has 0 saturated heterocycles. The molecular formula is C12H26S. The van der Waals surface area contributed by atoms with Crippen molar-refractivity contribution in [2.75, 3.05) is 0 Å². The zero-order chi connectivity index (χ0) is 10.1. The van der Waals surface area contributed by atoms with Crippen molar-refractivity contribution < 1.29 is 0 Å². The number of hydrogen-bond acceptors (Lipinski definition) is 1. The average molecular weight is 202 g/mol. The summed E-state index contributed by atoms with van der Waals surface area (Å²) in [6.45, 7) is 6.78. The summed E-state index contributed by atoms with van der Waals surface area (Å²) in [5.41, 5.74) is 0. The van der Waals surface area contributed by atoms with Crippen LogP contribution in [0.5, 0.6) is 0 Å². The summed E-state index contributed by atoms with van der Waals surface area (Å²) in [4.78, 5) is 0. The largest absolute Gasteiger partial charge is 0.176 e. The molecule has 0 nitrogen and oxygen atoms in total. The molecule has 0 N–H and O–H groups in total. The number of hydrogen-bond donors (Lipinski definition) is 1. The van der Waals surface area contributed by atoms with Gasteiger partial charge in [0.15, 0.2) is 0 Å². The van der Waals surface area contributed by atoms with Gasteiger partial charge in [-0.05, 0) is 18.8 Å². The molecule has 0 heterocycles. The Morgan fingerprint density at radius 3 is 2.08 bits per heavy atom. The molecule has 0 aliphatic carbocycles. The van der Waals surface area contributed by atoms with Crippen LogP contribution in [0.4, 0.5) is 0 Å². The predicted octanol–water partition coefficient (Wildman–Crippen LogP) is 4.69. The van der Waals surface area contributed by atoms with E-state index >= 15 is 0 Å². The van der Waals surface area contributed by atoms with E-state index in [1.807, 2.05) is 0 Å². The maximum atomic E-state index is 4.55. The summed E-state index contributed by atoms with van der Waals surface area (Å²) in [6, 6.07) is 0. The first kappa shape index (κ1) is 13.4. The lowest BCUT2D eigenvalue weighted by Gasteiger charge is -2.19. The highest BCUT2D eigenvalue weighted by atomic mass is 32.1. The van der Waals surface area contributed by atoms with Gasteiger partial charge >= 0.3 is 0 Å². The van der Waals surface area contributed by atoms with Gasteiger partial charge in [-0.3, -0.25) is 0 Å². The Kier molecular flexibility index (Phi) is 9.17. The van der Waals surface area contributed by atoms with Gasteiger partial charge in [-0.1, -0.05) is 52.9 Å². The van der Waals surface area contributed by atoms with Crippen LogP contribution in [0.2, 0.25) is 0 Å². The summed E-state index contributed by atoms with van der Waals surface area (Å²) in [6.07, 6.45) is 9.62. The highest BCUT2D eigenvalue weighted by Gasteiger charge is 2.11. The molecule has 0 aromatic rings. The number of thiol groups is 1. The lowest BCUT2D eigenvalue weighted by Crippen LogP contribution is -2.11. The minimum Gasteiger partial charge on any atom is -0.176 e. The molecule has 80 valence electrons. The van der Waals surface area contributed by atoms with Crippen LogP contribution in [0.25, 0.3) is 0 Å². The van der Waals surface area contributed by atoms with Crippen LogP contribution in [0.15, 0.2) is 0 Å². The van der Waals surface area contributed by atoms with E-state index < -0.39 is 0 Å². The van der Waals surface area contributed by atoms with E-state index in [0.717, 1.165) is 5.92 Å². The second kappa shape index (κ2) is 8.93. The average Bonchev–Trinajstić information content (AvgIpc) is 2.10. The second-order valence-electron chi connectivity index (χ2n) is 4.14. The van der Waals surface area contributed by atoms with E-state index in [-0.39, 0.29) is 0 Å². The highest BCUT2D eigenvalue weighted by molar-refractivity contribution is 7.80. The SMILES string of the molecule is CCCCCCC(CCC)[C@H](C)S. The second-order valence-corrected chi connectivity index (χ2v) is 4.95. The van der Waals surface area contributed by atoms with Crippen LogP contribution >= 0.6 is 12.6 Å². The summed E-state index contributed by atoms with van der Waals surface area (Å²) < 4.78 is 0. The standard InChI is InChI=1S/C12H26S/c1-4-6-7-8-10-12(9-5-2)11(3)13/h11-13H,4-10H2,1-3H3/t11-,12?/m0/s1. The zero-order valence-corrected chi connectivity index (χ0v) is 10.4. The van der Waals surface area contributed by atoms with Crippen LogP contribution in [0.1, 0.15) is 65.7 Å². The van der Waals surface area contributed by atoms with E-state index in [2.05, 4.69) is 33.4 Å².